The smallest absolute Gasteiger partial charge is 0.278 e. The summed E-state index contributed by atoms with van der Waals surface area (Å²) in [6.45, 7) is 1.88. The van der Waals surface area contributed by atoms with Crippen molar-refractivity contribution in [2.45, 2.75) is 6.92 Å². The maximum absolute atomic E-state index is 13.0. The largest absolute Gasteiger partial charge is 0.373 e. The van der Waals surface area contributed by atoms with Crippen LogP contribution in [0.3, 0.4) is 0 Å². The summed E-state index contributed by atoms with van der Waals surface area (Å²) in [6, 6.07) is 8.81. The van der Waals surface area contributed by atoms with Crippen LogP contribution in [0.15, 0.2) is 53.7 Å². The number of aryl methyl sites for hydroxylation is 1. The van der Waals surface area contributed by atoms with Gasteiger partial charge in [0.15, 0.2) is 5.65 Å². The van der Waals surface area contributed by atoms with Crippen LogP contribution in [0.25, 0.3) is 11.3 Å². The molecule has 4 heterocycles. The third-order valence-corrected chi connectivity index (χ3v) is 4.58. The van der Waals surface area contributed by atoms with Crippen molar-refractivity contribution in [2.24, 2.45) is 0 Å². The van der Waals surface area contributed by atoms with Crippen molar-refractivity contribution in [1.82, 2.24) is 29.5 Å². The highest BCUT2D eigenvalue weighted by Gasteiger charge is 2.16. The highest BCUT2D eigenvalue weighted by molar-refractivity contribution is 5.99. The summed E-state index contributed by atoms with van der Waals surface area (Å²) in [5.41, 5.74) is 2.29. The van der Waals surface area contributed by atoms with E-state index in [-0.39, 0.29) is 11.5 Å². The van der Waals surface area contributed by atoms with E-state index < -0.39 is 0 Å². The lowest BCUT2D eigenvalue weighted by Gasteiger charge is -2.11. The predicted octanol–water partition coefficient (Wildman–Crippen LogP) is 1.73. The lowest BCUT2D eigenvalue weighted by Crippen LogP contribution is -2.21. The first-order valence-corrected chi connectivity index (χ1v) is 9.22. The van der Waals surface area contributed by atoms with Gasteiger partial charge in [-0.05, 0) is 31.2 Å². The minimum atomic E-state index is -0.300. The van der Waals surface area contributed by atoms with E-state index in [4.69, 9.17) is 0 Å². The number of rotatable bonds is 5. The molecule has 4 aromatic rings. The molecule has 4 rings (SSSR count). The Balaban J connectivity index is 1.77. The summed E-state index contributed by atoms with van der Waals surface area (Å²) in [7, 11) is 3.28. The first kappa shape index (κ1) is 19.1. The molecular formula is C20H20N8O2. The number of nitrogens with one attached hydrogen (secondary N) is 3. The predicted molar refractivity (Wildman–Crippen MR) is 114 cm³/mol. The van der Waals surface area contributed by atoms with Gasteiger partial charge in [0.05, 0.1) is 18.1 Å². The van der Waals surface area contributed by atoms with Gasteiger partial charge >= 0.3 is 0 Å². The summed E-state index contributed by atoms with van der Waals surface area (Å²) in [5.74, 6) is 0.705. The lowest BCUT2D eigenvalue weighted by molar-refractivity contribution is 0.0964. The Kier molecular flexibility index (Phi) is 4.88. The number of aromatic nitrogens is 5. The molecule has 0 saturated carbocycles. The van der Waals surface area contributed by atoms with Gasteiger partial charge < -0.3 is 16.0 Å². The van der Waals surface area contributed by atoms with Gasteiger partial charge in [-0.3, -0.25) is 19.1 Å². The average molecular weight is 404 g/mol. The van der Waals surface area contributed by atoms with E-state index >= 15 is 0 Å². The molecule has 0 saturated heterocycles. The maximum atomic E-state index is 13.0. The number of hydrogen-bond donors (Lipinski definition) is 3. The van der Waals surface area contributed by atoms with E-state index in [1.807, 2.05) is 19.1 Å². The van der Waals surface area contributed by atoms with Crippen molar-refractivity contribution < 1.29 is 4.79 Å². The minimum absolute atomic E-state index is 0.254. The number of anilines is 3. The number of hydrogen-bond acceptors (Lipinski definition) is 7. The molecule has 0 spiro atoms. The minimum Gasteiger partial charge on any atom is -0.373 e. The van der Waals surface area contributed by atoms with E-state index in [9.17, 15) is 9.59 Å². The lowest BCUT2D eigenvalue weighted by atomic mass is 10.3. The molecule has 0 fully saturated rings. The SMILES string of the molecule is CNC(=O)c1cnn2c(NC)cc(Nc3cccn(-c4ccc(C)nc4)c3=O)nc12. The van der Waals surface area contributed by atoms with E-state index in [1.54, 1.807) is 44.7 Å². The molecule has 0 aromatic carbocycles. The van der Waals surface area contributed by atoms with Crippen molar-refractivity contribution in [3.8, 4) is 5.69 Å². The molecule has 3 N–H and O–H groups in total. The Morgan fingerprint density at radius 1 is 1.13 bits per heavy atom. The first-order chi connectivity index (χ1) is 14.5. The quantitative estimate of drug-likeness (QED) is 0.463. The molecular weight excluding hydrogens is 384 g/mol. The number of fused-ring (bicyclic) bond motifs is 1. The third-order valence-electron chi connectivity index (χ3n) is 4.58. The monoisotopic (exact) mass is 404 g/mol. The Hall–Kier alpha value is -4.21. The third kappa shape index (κ3) is 3.34. The first-order valence-electron chi connectivity index (χ1n) is 9.22. The van der Waals surface area contributed by atoms with Crippen LogP contribution < -0.4 is 21.5 Å². The maximum Gasteiger partial charge on any atom is 0.278 e. The van der Waals surface area contributed by atoms with Crippen LogP contribution >= 0.6 is 0 Å². The van der Waals surface area contributed by atoms with Gasteiger partial charge in [0.2, 0.25) is 0 Å². The normalized spacial score (nSPS) is 10.8. The van der Waals surface area contributed by atoms with Crippen LogP contribution in [0.5, 0.6) is 0 Å². The highest BCUT2D eigenvalue weighted by atomic mass is 16.1. The summed E-state index contributed by atoms with van der Waals surface area (Å²) in [4.78, 5) is 33.9. The number of nitrogens with zero attached hydrogens (tertiary/aromatic N) is 5. The van der Waals surface area contributed by atoms with E-state index in [0.717, 1.165) is 5.69 Å². The van der Waals surface area contributed by atoms with Crippen LogP contribution in [-0.2, 0) is 0 Å². The molecule has 0 atom stereocenters. The summed E-state index contributed by atoms with van der Waals surface area (Å²) in [5, 5.41) is 12.9. The highest BCUT2D eigenvalue weighted by Crippen LogP contribution is 2.21. The molecule has 152 valence electrons. The van der Waals surface area contributed by atoms with Gasteiger partial charge in [0, 0.05) is 32.1 Å². The summed E-state index contributed by atoms with van der Waals surface area (Å²) >= 11 is 0. The van der Waals surface area contributed by atoms with Gasteiger partial charge in [-0.1, -0.05) is 0 Å². The van der Waals surface area contributed by atoms with Crippen molar-refractivity contribution in [2.75, 3.05) is 24.7 Å². The van der Waals surface area contributed by atoms with E-state index in [1.165, 1.54) is 15.3 Å². The summed E-state index contributed by atoms with van der Waals surface area (Å²) < 4.78 is 3.03. The molecule has 30 heavy (non-hydrogen) atoms. The topological polar surface area (TPSA) is 118 Å². The fourth-order valence-corrected chi connectivity index (χ4v) is 3.03. The van der Waals surface area contributed by atoms with Crippen molar-refractivity contribution in [1.29, 1.82) is 0 Å². The second-order valence-corrected chi connectivity index (χ2v) is 6.53. The van der Waals surface area contributed by atoms with Crippen LogP contribution in [-0.4, -0.2) is 44.2 Å². The second-order valence-electron chi connectivity index (χ2n) is 6.53. The van der Waals surface area contributed by atoms with E-state index in [0.29, 0.717) is 34.2 Å². The molecule has 10 nitrogen and oxygen atoms in total. The van der Waals surface area contributed by atoms with Gasteiger partial charge in [-0.25, -0.2) is 4.98 Å². The van der Waals surface area contributed by atoms with Gasteiger partial charge in [-0.15, -0.1) is 0 Å². The zero-order valence-electron chi connectivity index (χ0n) is 16.7. The Morgan fingerprint density at radius 3 is 2.67 bits per heavy atom. The molecule has 1 amide bonds. The molecule has 0 unspecified atom stereocenters. The van der Waals surface area contributed by atoms with Crippen LogP contribution in [0, 0.1) is 6.92 Å². The van der Waals surface area contributed by atoms with Crippen molar-refractivity contribution >= 4 is 28.9 Å². The van der Waals surface area contributed by atoms with Crippen molar-refractivity contribution in [3.05, 3.63) is 70.5 Å². The Bertz CT molecular complexity index is 1290. The fourth-order valence-electron chi connectivity index (χ4n) is 3.03. The summed E-state index contributed by atoms with van der Waals surface area (Å²) in [6.07, 6.45) is 4.77. The number of amides is 1. The fraction of sp³-hybridized carbons (Fsp3) is 0.150. The average Bonchev–Trinajstić information content (AvgIpc) is 3.19. The van der Waals surface area contributed by atoms with Gasteiger partial charge in [0.25, 0.3) is 11.5 Å². The molecule has 0 aliphatic rings. The Labute approximate surface area is 171 Å². The number of carbonyl (C=O) groups is 1. The molecule has 0 bridgehead atoms. The van der Waals surface area contributed by atoms with Crippen LogP contribution in [0.1, 0.15) is 16.1 Å². The number of carbonyl (C=O) groups excluding carboxylic acids is 1. The van der Waals surface area contributed by atoms with Gasteiger partial charge in [0.1, 0.15) is 22.9 Å². The van der Waals surface area contributed by atoms with Crippen LogP contribution in [0.2, 0.25) is 0 Å². The molecule has 0 radical (unpaired) electrons. The second kappa shape index (κ2) is 7.66. The Morgan fingerprint density at radius 2 is 1.97 bits per heavy atom. The molecule has 10 heteroatoms. The molecule has 0 aliphatic carbocycles. The van der Waals surface area contributed by atoms with Crippen LogP contribution in [0.4, 0.5) is 17.3 Å². The number of pyridine rings is 2. The van der Waals surface area contributed by atoms with E-state index in [2.05, 4.69) is 31.0 Å². The van der Waals surface area contributed by atoms with Crippen molar-refractivity contribution in [3.63, 3.8) is 0 Å². The zero-order chi connectivity index (χ0) is 21.3. The standard InChI is InChI=1S/C20H20N8O2/c1-12-6-7-13(10-23-12)27-8-4-5-15(20(27)30)25-16-9-17(21-2)28-18(26-16)14(11-24-28)19(29)22-3/h4-11,21H,1-3H3,(H,22,29)(H,25,26). The molecule has 4 aromatic heterocycles. The molecule has 0 aliphatic heterocycles. The van der Waals surface area contributed by atoms with Gasteiger partial charge in [-0.2, -0.15) is 9.61 Å². The zero-order valence-corrected chi connectivity index (χ0v) is 16.7.